The van der Waals surface area contributed by atoms with Crippen LogP contribution in [0.5, 0.6) is 5.75 Å². The summed E-state index contributed by atoms with van der Waals surface area (Å²) >= 11 is 1.56. The van der Waals surface area contributed by atoms with Crippen molar-refractivity contribution in [2.45, 2.75) is 12.5 Å². The zero-order valence-electron chi connectivity index (χ0n) is 14.6. The Labute approximate surface area is 151 Å². The molecule has 1 aromatic carbocycles. The maximum absolute atomic E-state index is 12.3. The Morgan fingerprint density at radius 2 is 2.28 bits per heavy atom. The molecule has 7 heteroatoms. The van der Waals surface area contributed by atoms with Gasteiger partial charge in [0, 0.05) is 24.3 Å². The van der Waals surface area contributed by atoms with Gasteiger partial charge in [-0.1, -0.05) is 12.1 Å². The normalized spacial score (nSPS) is 12.5. The van der Waals surface area contributed by atoms with Crippen LogP contribution in [0, 0.1) is 0 Å². The van der Waals surface area contributed by atoms with Gasteiger partial charge in [0.25, 0.3) is 0 Å². The van der Waals surface area contributed by atoms with Gasteiger partial charge in [0.15, 0.2) is 4.96 Å². The van der Waals surface area contributed by atoms with Crippen LogP contribution < -0.4 is 10.1 Å². The van der Waals surface area contributed by atoms with E-state index in [1.807, 2.05) is 60.5 Å². The monoisotopic (exact) mass is 358 g/mol. The Balaban J connectivity index is 1.62. The summed E-state index contributed by atoms with van der Waals surface area (Å²) in [5.41, 5.74) is 1.89. The van der Waals surface area contributed by atoms with Crippen LogP contribution >= 0.6 is 11.3 Å². The predicted molar refractivity (Wildman–Crippen MR) is 99.2 cm³/mol. The molecule has 132 valence electrons. The number of benzene rings is 1. The number of carbonyl (C=O) groups excluding carboxylic acids is 1. The van der Waals surface area contributed by atoms with Gasteiger partial charge in [-0.25, -0.2) is 4.98 Å². The fraction of sp³-hybridized carbons (Fsp3) is 0.333. The molecule has 0 aliphatic heterocycles. The number of nitrogens with zero attached hydrogens (tertiary/aromatic N) is 3. The second kappa shape index (κ2) is 7.67. The number of ether oxygens (including phenoxy) is 1. The van der Waals surface area contributed by atoms with Gasteiger partial charge in [0.2, 0.25) is 5.91 Å². The first-order valence-electron chi connectivity index (χ1n) is 8.05. The molecule has 2 heterocycles. The first-order chi connectivity index (χ1) is 12.1. The number of nitrogens with one attached hydrogen (secondary N) is 1. The second-order valence-corrected chi connectivity index (χ2v) is 6.93. The van der Waals surface area contributed by atoms with Crippen LogP contribution in [0.3, 0.4) is 0 Å². The van der Waals surface area contributed by atoms with E-state index in [9.17, 15) is 4.79 Å². The topological polar surface area (TPSA) is 58.9 Å². The summed E-state index contributed by atoms with van der Waals surface area (Å²) in [4.78, 5) is 19.7. The molecule has 0 spiro atoms. The van der Waals surface area contributed by atoms with Gasteiger partial charge in [-0.3, -0.25) is 9.20 Å². The SMILES string of the molecule is COc1cccc(C(CNC(=O)Cc2cn3ccsc3n2)N(C)C)c1. The molecule has 3 rings (SSSR count). The molecular formula is C18H22N4O2S. The fourth-order valence-electron chi connectivity index (χ4n) is 2.75. The average Bonchev–Trinajstić information content (AvgIpc) is 3.16. The number of carbonyl (C=O) groups is 1. The maximum Gasteiger partial charge on any atom is 0.226 e. The summed E-state index contributed by atoms with van der Waals surface area (Å²) in [6.45, 7) is 0.529. The third-order valence-electron chi connectivity index (χ3n) is 4.08. The van der Waals surface area contributed by atoms with E-state index in [2.05, 4.69) is 15.2 Å². The molecule has 1 atom stereocenters. The number of amides is 1. The second-order valence-electron chi connectivity index (χ2n) is 6.06. The lowest BCUT2D eigenvalue weighted by Gasteiger charge is -2.25. The number of fused-ring (bicyclic) bond motifs is 1. The van der Waals surface area contributed by atoms with Gasteiger partial charge in [-0.05, 0) is 31.8 Å². The molecule has 2 aromatic heterocycles. The highest BCUT2D eigenvalue weighted by Crippen LogP contribution is 2.22. The van der Waals surface area contributed by atoms with Crippen LogP contribution in [-0.4, -0.2) is 47.9 Å². The third-order valence-corrected chi connectivity index (χ3v) is 4.85. The number of rotatable bonds is 7. The molecule has 1 amide bonds. The van der Waals surface area contributed by atoms with E-state index in [-0.39, 0.29) is 18.4 Å². The minimum absolute atomic E-state index is 0.0273. The first kappa shape index (κ1) is 17.4. The molecule has 3 aromatic rings. The van der Waals surface area contributed by atoms with Crippen molar-refractivity contribution in [3.8, 4) is 5.75 Å². The van der Waals surface area contributed by atoms with Crippen LogP contribution in [-0.2, 0) is 11.2 Å². The Bertz CT molecular complexity index is 827. The molecule has 0 radical (unpaired) electrons. The number of hydrogen-bond acceptors (Lipinski definition) is 5. The van der Waals surface area contributed by atoms with Crippen molar-refractivity contribution < 1.29 is 9.53 Å². The predicted octanol–water partition coefficient (Wildman–Crippen LogP) is 2.37. The first-order valence-corrected chi connectivity index (χ1v) is 8.93. The zero-order chi connectivity index (χ0) is 17.8. The van der Waals surface area contributed by atoms with E-state index in [1.165, 1.54) is 0 Å². The number of likely N-dealkylation sites (N-methyl/N-ethyl adjacent to an activating group) is 1. The zero-order valence-corrected chi connectivity index (χ0v) is 15.4. The third kappa shape index (κ3) is 4.18. The maximum atomic E-state index is 12.3. The Morgan fingerprint density at radius 3 is 3.00 bits per heavy atom. The van der Waals surface area contributed by atoms with Gasteiger partial charge >= 0.3 is 0 Å². The average molecular weight is 358 g/mol. The van der Waals surface area contributed by atoms with Crippen molar-refractivity contribution in [2.24, 2.45) is 0 Å². The molecule has 0 aliphatic carbocycles. The number of imidazole rings is 1. The quantitative estimate of drug-likeness (QED) is 0.704. The van der Waals surface area contributed by atoms with Gasteiger partial charge < -0.3 is 15.0 Å². The van der Waals surface area contributed by atoms with E-state index < -0.39 is 0 Å². The standard InChI is InChI=1S/C18H22N4O2S/c1-21(2)16(13-5-4-6-15(9-13)24-3)11-19-17(23)10-14-12-22-7-8-25-18(22)20-14/h4-9,12,16H,10-11H2,1-3H3,(H,19,23). The van der Waals surface area contributed by atoms with Crippen molar-refractivity contribution >= 4 is 22.2 Å². The van der Waals surface area contributed by atoms with Crippen LogP contribution in [0.25, 0.3) is 4.96 Å². The molecule has 0 saturated heterocycles. The number of aromatic nitrogens is 2. The van der Waals surface area contributed by atoms with Crippen molar-refractivity contribution in [1.29, 1.82) is 0 Å². The van der Waals surface area contributed by atoms with Crippen LogP contribution in [0.15, 0.2) is 42.0 Å². The number of hydrogen-bond donors (Lipinski definition) is 1. The summed E-state index contributed by atoms with van der Waals surface area (Å²) in [7, 11) is 5.65. The Morgan fingerprint density at radius 1 is 1.44 bits per heavy atom. The molecule has 6 nitrogen and oxygen atoms in total. The molecular weight excluding hydrogens is 336 g/mol. The lowest BCUT2D eigenvalue weighted by Crippen LogP contribution is -2.35. The number of methoxy groups -OCH3 is 1. The van der Waals surface area contributed by atoms with Crippen molar-refractivity contribution in [1.82, 2.24) is 19.6 Å². The van der Waals surface area contributed by atoms with Crippen molar-refractivity contribution in [3.05, 3.63) is 53.3 Å². The highest BCUT2D eigenvalue weighted by molar-refractivity contribution is 7.15. The van der Waals surface area contributed by atoms with E-state index in [0.29, 0.717) is 6.54 Å². The summed E-state index contributed by atoms with van der Waals surface area (Å²) in [6.07, 6.45) is 4.13. The van der Waals surface area contributed by atoms with Gasteiger partial charge in [-0.15, -0.1) is 11.3 Å². The minimum atomic E-state index is -0.0273. The number of thiazole rings is 1. The van der Waals surface area contributed by atoms with E-state index >= 15 is 0 Å². The highest BCUT2D eigenvalue weighted by atomic mass is 32.1. The minimum Gasteiger partial charge on any atom is -0.497 e. The Hall–Kier alpha value is -2.38. The van der Waals surface area contributed by atoms with Crippen molar-refractivity contribution in [2.75, 3.05) is 27.7 Å². The van der Waals surface area contributed by atoms with Gasteiger partial charge in [0.1, 0.15) is 5.75 Å². The molecule has 1 unspecified atom stereocenters. The van der Waals surface area contributed by atoms with Crippen LogP contribution in [0.4, 0.5) is 0 Å². The van der Waals surface area contributed by atoms with Gasteiger partial charge in [0.05, 0.1) is 25.3 Å². The fourth-order valence-corrected chi connectivity index (χ4v) is 3.47. The molecule has 1 N–H and O–H groups in total. The smallest absolute Gasteiger partial charge is 0.226 e. The Kier molecular flexibility index (Phi) is 5.35. The molecule has 0 fully saturated rings. The summed E-state index contributed by atoms with van der Waals surface area (Å²) in [5.74, 6) is 0.786. The largest absolute Gasteiger partial charge is 0.497 e. The van der Waals surface area contributed by atoms with E-state index in [0.717, 1.165) is 22.0 Å². The molecule has 0 aliphatic rings. The van der Waals surface area contributed by atoms with Crippen molar-refractivity contribution in [3.63, 3.8) is 0 Å². The highest BCUT2D eigenvalue weighted by Gasteiger charge is 2.16. The molecule has 0 bridgehead atoms. The summed E-state index contributed by atoms with van der Waals surface area (Å²) in [6, 6.07) is 8.00. The lowest BCUT2D eigenvalue weighted by atomic mass is 10.1. The van der Waals surface area contributed by atoms with Gasteiger partial charge in [-0.2, -0.15) is 0 Å². The van der Waals surface area contributed by atoms with Crippen LogP contribution in [0.2, 0.25) is 0 Å². The molecule has 0 saturated carbocycles. The molecule has 25 heavy (non-hydrogen) atoms. The van der Waals surface area contributed by atoms with Crippen LogP contribution in [0.1, 0.15) is 17.3 Å². The van der Waals surface area contributed by atoms with E-state index in [1.54, 1.807) is 18.4 Å². The summed E-state index contributed by atoms with van der Waals surface area (Å²) < 4.78 is 7.23. The summed E-state index contributed by atoms with van der Waals surface area (Å²) in [5, 5.41) is 4.99. The van der Waals surface area contributed by atoms with E-state index in [4.69, 9.17) is 4.74 Å². The lowest BCUT2D eigenvalue weighted by molar-refractivity contribution is -0.120.